The lowest BCUT2D eigenvalue weighted by Crippen LogP contribution is -2.48. The van der Waals surface area contributed by atoms with E-state index in [0.717, 1.165) is 38.1 Å². The summed E-state index contributed by atoms with van der Waals surface area (Å²) in [5, 5.41) is 3.66. The van der Waals surface area contributed by atoms with Crippen LogP contribution >= 0.6 is 0 Å². The molecule has 0 radical (unpaired) electrons. The minimum Gasteiger partial charge on any atom is -0.381 e. The Morgan fingerprint density at radius 1 is 1.20 bits per heavy atom. The molecule has 0 aromatic heterocycles. The second kappa shape index (κ2) is 6.76. The van der Waals surface area contributed by atoms with Crippen LogP contribution in [0.2, 0.25) is 0 Å². The minimum absolute atomic E-state index is 0.381. The number of nitrogens with zero attached hydrogens (tertiary/aromatic N) is 1. The van der Waals surface area contributed by atoms with E-state index in [1.165, 1.54) is 58.2 Å². The summed E-state index contributed by atoms with van der Waals surface area (Å²) in [6.07, 6.45) is 8.27. The van der Waals surface area contributed by atoms with E-state index in [-0.39, 0.29) is 0 Å². The van der Waals surface area contributed by atoms with Crippen molar-refractivity contribution in [2.24, 2.45) is 17.3 Å². The Bertz CT molecular complexity index is 289. The summed E-state index contributed by atoms with van der Waals surface area (Å²) in [4.78, 5) is 2.76. The van der Waals surface area contributed by atoms with Crippen molar-refractivity contribution in [2.45, 2.75) is 45.4 Å². The molecule has 0 aromatic rings. The van der Waals surface area contributed by atoms with Crippen LogP contribution in [0.5, 0.6) is 0 Å². The van der Waals surface area contributed by atoms with Gasteiger partial charge in [-0.15, -0.1) is 0 Å². The molecule has 1 saturated carbocycles. The molecule has 3 atom stereocenters. The lowest BCUT2D eigenvalue weighted by molar-refractivity contribution is -0.0239. The molecular weight excluding hydrogens is 248 g/mol. The third kappa shape index (κ3) is 3.37. The third-order valence-corrected chi connectivity index (χ3v) is 5.69. The molecule has 116 valence electrons. The molecule has 3 aliphatic rings. The molecule has 3 rings (SSSR count). The van der Waals surface area contributed by atoms with Crippen LogP contribution in [-0.2, 0) is 4.74 Å². The number of nitrogens with one attached hydrogen (secondary N) is 1. The van der Waals surface area contributed by atoms with Crippen LogP contribution in [-0.4, -0.2) is 50.8 Å². The first-order chi connectivity index (χ1) is 9.81. The third-order valence-electron chi connectivity index (χ3n) is 5.69. The van der Waals surface area contributed by atoms with Gasteiger partial charge < -0.3 is 15.0 Å². The summed E-state index contributed by atoms with van der Waals surface area (Å²) in [6.45, 7) is 10.5. The van der Waals surface area contributed by atoms with Crippen LogP contribution in [0.3, 0.4) is 0 Å². The van der Waals surface area contributed by atoms with Gasteiger partial charge in [-0.1, -0.05) is 13.3 Å². The lowest BCUT2D eigenvalue weighted by Gasteiger charge is -2.40. The summed E-state index contributed by atoms with van der Waals surface area (Å²) >= 11 is 0. The second-order valence-corrected chi connectivity index (χ2v) is 7.48. The van der Waals surface area contributed by atoms with Gasteiger partial charge in [-0.25, -0.2) is 0 Å². The van der Waals surface area contributed by atoms with Crippen molar-refractivity contribution in [3.63, 3.8) is 0 Å². The highest BCUT2D eigenvalue weighted by atomic mass is 16.5. The smallest absolute Gasteiger partial charge is 0.0546 e. The molecule has 2 aliphatic heterocycles. The quantitative estimate of drug-likeness (QED) is 0.757. The molecule has 1 aliphatic carbocycles. The van der Waals surface area contributed by atoms with Gasteiger partial charge in [-0.3, -0.25) is 0 Å². The number of likely N-dealkylation sites (tertiary alicyclic amines) is 1. The van der Waals surface area contributed by atoms with Gasteiger partial charge in [0.15, 0.2) is 0 Å². The maximum absolute atomic E-state index is 5.85. The molecule has 0 amide bonds. The largest absolute Gasteiger partial charge is 0.381 e. The maximum Gasteiger partial charge on any atom is 0.0546 e. The summed E-state index contributed by atoms with van der Waals surface area (Å²) < 4.78 is 5.85. The average Bonchev–Trinajstić information content (AvgIpc) is 3.01. The van der Waals surface area contributed by atoms with Crippen molar-refractivity contribution in [3.05, 3.63) is 0 Å². The lowest BCUT2D eigenvalue weighted by atomic mass is 9.81. The molecule has 0 bridgehead atoms. The molecule has 3 nitrogen and oxygen atoms in total. The normalized spacial score (nSPS) is 38.2. The van der Waals surface area contributed by atoms with E-state index >= 15 is 0 Å². The summed E-state index contributed by atoms with van der Waals surface area (Å²) in [6, 6.07) is 0. The number of hydrogen-bond acceptors (Lipinski definition) is 3. The summed E-state index contributed by atoms with van der Waals surface area (Å²) in [5.74, 6) is 2.03. The van der Waals surface area contributed by atoms with Crippen LogP contribution in [0.25, 0.3) is 0 Å². The van der Waals surface area contributed by atoms with E-state index in [1.807, 2.05) is 0 Å². The first-order valence-corrected chi connectivity index (χ1v) is 8.82. The highest BCUT2D eigenvalue weighted by Gasteiger charge is 2.41. The maximum atomic E-state index is 5.85. The van der Waals surface area contributed by atoms with E-state index in [1.54, 1.807) is 0 Å². The van der Waals surface area contributed by atoms with Crippen LogP contribution in [0.1, 0.15) is 45.4 Å². The Morgan fingerprint density at radius 2 is 2.00 bits per heavy atom. The Morgan fingerprint density at radius 3 is 2.65 bits per heavy atom. The average molecular weight is 280 g/mol. The van der Waals surface area contributed by atoms with Gasteiger partial charge >= 0.3 is 0 Å². The van der Waals surface area contributed by atoms with E-state index < -0.39 is 0 Å². The van der Waals surface area contributed by atoms with Crippen molar-refractivity contribution in [2.75, 3.05) is 45.9 Å². The number of fused-ring (bicyclic) bond motifs is 1. The van der Waals surface area contributed by atoms with Gasteiger partial charge in [0.2, 0.25) is 0 Å². The zero-order valence-corrected chi connectivity index (χ0v) is 13.2. The second-order valence-electron chi connectivity index (χ2n) is 7.48. The minimum atomic E-state index is 0.381. The van der Waals surface area contributed by atoms with Crippen LogP contribution in [0.15, 0.2) is 0 Å². The molecule has 2 saturated heterocycles. The fourth-order valence-corrected chi connectivity index (χ4v) is 4.70. The molecule has 0 spiro atoms. The topological polar surface area (TPSA) is 24.5 Å². The standard InChI is InChI=1S/C17H32N2O/c1-2-8-18-12-17(7-4-9-20-14-17)13-19-10-15-5-3-6-16(15)11-19/h15-16,18H,2-14H2,1H3. The summed E-state index contributed by atoms with van der Waals surface area (Å²) in [7, 11) is 0. The van der Waals surface area contributed by atoms with E-state index in [4.69, 9.17) is 4.74 Å². The first-order valence-electron chi connectivity index (χ1n) is 8.82. The predicted octanol–water partition coefficient (Wildman–Crippen LogP) is 2.51. The fourth-order valence-electron chi connectivity index (χ4n) is 4.70. The fraction of sp³-hybridized carbons (Fsp3) is 1.00. The van der Waals surface area contributed by atoms with Gasteiger partial charge in [0.1, 0.15) is 0 Å². The Kier molecular flexibility index (Phi) is 5.00. The van der Waals surface area contributed by atoms with Crippen molar-refractivity contribution in [3.8, 4) is 0 Å². The van der Waals surface area contributed by atoms with Gasteiger partial charge in [0, 0.05) is 38.2 Å². The molecule has 2 heterocycles. The van der Waals surface area contributed by atoms with Crippen molar-refractivity contribution in [1.29, 1.82) is 0 Å². The van der Waals surface area contributed by atoms with E-state index in [2.05, 4.69) is 17.1 Å². The molecule has 3 heteroatoms. The van der Waals surface area contributed by atoms with E-state index in [9.17, 15) is 0 Å². The van der Waals surface area contributed by atoms with Crippen molar-refractivity contribution in [1.82, 2.24) is 10.2 Å². The summed E-state index contributed by atoms with van der Waals surface area (Å²) in [5.41, 5.74) is 0.381. The SMILES string of the molecule is CCCNCC1(CN2CC3CCCC3C2)CCCOC1. The van der Waals surface area contributed by atoms with E-state index in [0.29, 0.717) is 5.41 Å². The van der Waals surface area contributed by atoms with Gasteiger partial charge in [0.25, 0.3) is 0 Å². The molecule has 0 aromatic carbocycles. The highest BCUT2D eigenvalue weighted by molar-refractivity contribution is 4.93. The zero-order chi connectivity index (χ0) is 13.8. The molecule has 1 N–H and O–H groups in total. The Hall–Kier alpha value is -0.120. The van der Waals surface area contributed by atoms with Gasteiger partial charge in [-0.05, 0) is 50.5 Å². The number of rotatable bonds is 6. The van der Waals surface area contributed by atoms with Crippen molar-refractivity contribution >= 4 is 0 Å². The Labute approximate surface area is 124 Å². The monoisotopic (exact) mass is 280 g/mol. The molecular formula is C17H32N2O. The highest BCUT2D eigenvalue weighted by Crippen LogP contribution is 2.39. The number of ether oxygens (including phenoxy) is 1. The zero-order valence-electron chi connectivity index (χ0n) is 13.2. The van der Waals surface area contributed by atoms with Crippen LogP contribution in [0, 0.1) is 17.3 Å². The molecule has 3 fully saturated rings. The van der Waals surface area contributed by atoms with Crippen LogP contribution < -0.4 is 5.32 Å². The number of hydrogen-bond donors (Lipinski definition) is 1. The Balaban J connectivity index is 1.55. The first kappa shape index (κ1) is 14.8. The molecule has 3 unspecified atom stereocenters. The van der Waals surface area contributed by atoms with Crippen molar-refractivity contribution < 1.29 is 4.74 Å². The van der Waals surface area contributed by atoms with Gasteiger partial charge in [0.05, 0.1) is 6.61 Å². The molecule has 20 heavy (non-hydrogen) atoms. The van der Waals surface area contributed by atoms with Gasteiger partial charge in [-0.2, -0.15) is 0 Å². The predicted molar refractivity (Wildman–Crippen MR) is 82.9 cm³/mol. The van der Waals surface area contributed by atoms with Crippen LogP contribution in [0.4, 0.5) is 0 Å².